The number of methoxy groups -OCH3 is 1. The molecule has 0 fully saturated rings. The molecule has 0 spiro atoms. The predicted octanol–water partition coefficient (Wildman–Crippen LogP) is 3.09. The fourth-order valence-corrected chi connectivity index (χ4v) is 2.87. The van der Waals surface area contributed by atoms with Gasteiger partial charge in [-0.2, -0.15) is 0 Å². The third-order valence-electron chi connectivity index (χ3n) is 4.55. The van der Waals surface area contributed by atoms with Crippen molar-refractivity contribution in [3.63, 3.8) is 0 Å². The molecule has 0 saturated heterocycles. The number of hydrogen-bond acceptors (Lipinski definition) is 5. The standard InChI is InChI=1S/C23H28N2O5/c1-16(2)20(22(27)29-3)25-21(26)19(15-14-17-10-6-4-7-11-17)24-23(28)30-18-12-8-5-9-13-18/h4-13,16,19-20H,14-15H2,1-3H3,(H,24,28)(H,25,26)/t19-,20+/m0/s1. The van der Waals surface area contributed by atoms with Gasteiger partial charge in [-0.05, 0) is 36.5 Å². The number of benzene rings is 2. The topological polar surface area (TPSA) is 93.7 Å². The number of para-hydroxylation sites is 1. The van der Waals surface area contributed by atoms with Crippen LogP contribution in [0.25, 0.3) is 0 Å². The Morgan fingerprint density at radius 2 is 1.50 bits per heavy atom. The summed E-state index contributed by atoms with van der Waals surface area (Å²) in [4.78, 5) is 37.2. The summed E-state index contributed by atoms with van der Waals surface area (Å²) in [5, 5.41) is 5.30. The lowest BCUT2D eigenvalue weighted by Crippen LogP contribution is -2.53. The second-order valence-electron chi connectivity index (χ2n) is 7.18. The highest BCUT2D eigenvalue weighted by atomic mass is 16.6. The van der Waals surface area contributed by atoms with Gasteiger partial charge < -0.3 is 20.1 Å². The van der Waals surface area contributed by atoms with Gasteiger partial charge in [0.25, 0.3) is 0 Å². The van der Waals surface area contributed by atoms with Crippen LogP contribution >= 0.6 is 0 Å². The molecule has 2 amide bonds. The summed E-state index contributed by atoms with van der Waals surface area (Å²) >= 11 is 0. The first-order valence-corrected chi connectivity index (χ1v) is 9.86. The lowest BCUT2D eigenvalue weighted by molar-refractivity contribution is -0.146. The van der Waals surface area contributed by atoms with Crippen molar-refractivity contribution in [2.45, 2.75) is 38.8 Å². The summed E-state index contributed by atoms with van der Waals surface area (Å²) in [5.74, 6) is -0.814. The molecule has 0 radical (unpaired) electrons. The fraction of sp³-hybridized carbons (Fsp3) is 0.348. The molecule has 7 heteroatoms. The second-order valence-corrected chi connectivity index (χ2v) is 7.18. The normalized spacial score (nSPS) is 12.5. The zero-order chi connectivity index (χ0) is 21.9. The van der Waals surface area contributed by atoms with Gasteiger partial charge in [-0.1, -0.05) is 62.4 Å². The number of esters is 1. The van der Waals surface area contributed by atoms with Crippen molar-refractivity contribution in [1.82, 2.24) is 10.6 Å². The minimum atomic E-state index is -0.882. The predicted molar refractivity (Wildman–Crippen MR) is 113 cm³/mol. The SMILES string of the molecule is COC(=O)[C@H](NC(=O)[C@H](CCc1ccccc1)NC(=O)Oc1ccccc1)C(C)C. The van der Waals surface area contributed by atoms with Crippen molar-refractivity contribution >= 4 is 18.0 Å². The van der Waals surface area contributed by atoms with E-state index in [1.807, 2.05) is 30.3 Å². The number of nitrogens with one attached hydrogen (secondary N) is 2. The maximum Gasteiger partial charge on any atom is 0.413 e. The number of amides is 2. The van der Waals surface area contributed by atoms with Crippen LogP contribution in [0.5, 0.6) is 5.75 Å². The van der Waals surface area contributed by atoms with E-state index in [2.05, 4.69) is 10.6 Å². The molecule has 0 unspecified atom stereocenters. The van der Waals surface area contributed by atoms with Crippen LogP contribution in [0.3, 0.4) is 0 Å². The van der Waals surface area contributed by atoms with E-state index in [1.165, 1.54) is 7.11 Å². The first kappa shape index (κ1) is 22.9. The Bertz CT molecular complexity index is 824. The molecule has 0 bridgehead atoms. The molecule has 7 nitrogen and oxygen atoms in total. The van der Waals surface area contributed by atoms with Crippen molar-refractivity contribution in [3.8, 4) is 5.75 Å². The van der Waals surface area contributed by atoms with Crippen LogP contribution in [-0.2, 0) is 20.7 Å². The molecule has 0 aliphatic carbocycles. The van der Waals surface area contributed by atoms with Crippen LogP contribution in [0, 0.1) is 5.92 Å². The molecule has 0 saturated carbocycles. The van der Waals surface area contributed by atoms with E-state index < -0.39 is 30.1 Å². The molecule has 2 aromatic rings. The number of carbonyl (C=O) groups excluding carboxylic acids is 3. The van der Waals surface area contributed by atoms with E-state index in [-0.39, 0.29) is 5.92 Å². The second kappa shape index (κ2) is 11.6. The van der Waals surface area contributed by atoms with Crippen molar-refractivity contribution in [3.05, 3.63) is 66.2 Å². The third-order valence-corrected chi connectivity index (χ3v) is 4.55. The number of aryl methyl sites for hydroxylation is 1. The summed E-state index contributed by atoms with van der Waals surface area (Å²) in [6.45, 7) is 3.61. The monoisotopic (exact) mass is 412 g/mol. The van der Waals surface area contributed by atoms with Gasteiger partial charge in [0.1, 0.15) is 17.8 Å². The van der Waals surface area contributed by atoms with Crippen LogP contribution in [-0.4, -0.2) is 37.2 Å². The molecular weight excluding hydrogens is 384 g/mol. The van der Waals surface area contributed by atoms with Crippen LogP contribution in [0.2, 0.25) is 0 Å². The average Bonchev–Trinajstić information content (AvgIpc) is 2.75. The van der Waals surface area contributed by atoms with Gasteiger partial charge in [0.05, 0.1) is 7.11 Å². The Balaban J connectivity index is 2.09. The summed E-state index contributed by atoms with van der Waals surface area (Å²) in [6.07, 6.45) is 0.162. The summed E-state index contributed by atoms with van der Waals surface area (Å²) < 4.78 is 10.0. The molecule has 160 valence electrons. The maximum atomic E-state index is 12.9. The first-order chi connectivity index (χ1) is 14.4. The molecule has 0 aliphatic heterocycles. The van der Waals surface area contributed by atoms with Crippen LogP contribution in [0.15, 0.2) is 60.7 Å². The van der Waals surface area contributed by atoms with Gasteiger partial charge in [-0.25, -0.2) is 9.59 Å². The molecule has 2 rings (SSSR count). The fourth-order valence-electron chi connectivity index (χ4n) is 2.87. The molecule has 0 aliphatic rings. The Morgan fingerprint density at radius 1 is 0.900 bits per heavy atom. The third kappa shape index (κ3) is 7.24. The highest BCUT2D eigenvalue weighted by Crippen LogP contribution is 2.11. The maximum absolute atomic E-state index is 12.9. The zero-order valence-electron chi connectivity index (χ0n) is 17.5. The molecule has 30 heavy (non-hydrogen) atoms. The Kier molecular flexibility index (Phi) is 8.87. The Hall–Kier alpha value is -3.35. The molecule has 2 aromatic carbocycles. The number of carbonyl (C=O) groups is 3. The lowest BCUT2D eigenvalue weighted by atomic mass is 10.0. The van der Waals surface area contributed by atoms with Gasteiger partial charge in [0.2, 0.25) is 5.91 Å². The van der Waals surface area contributed by atoms with E-state index in [0.29, 0.717) is 18.6 Å². The van der Waals surface area contributed by atoms with E-state index in [4.69, 9.17) is 9.47 Å². The average molecular weight is 412 g/mol. The highest BCUT2D eigenvalue weighted by molar-refractivity contribution is 5.90. The number of ether oxygens (including phenoxy) is 2. The largest absolute Gasteiger partial charge is 0.467 e. The minimum absolute atomic E-state index is 0.174. The van der Waals surface area contributed by atoms with Crippen molar-refractivity contribution in [2.75, 3.05) is 7.11 Å². The van der Waals surface area contributed by atoms with Crippen molar-refractivity contribution in [1.29, 1.82) is 0 Å². The number of hydrogen-bond donors (Lipinski definition) is 2. The van der Waals surface area contributed by atoms with E-state index in [0.717, 1.165) is 5.56 Å². The molecular formula is C23H28N2O5. The van der Waals surface area contributed by atoms with Crippen molar-refractivity contribution in [2.24, 2.45) is 5.92 Å². The first-order valence-electron chi connectivity index (χ1n) is 9.86. The highest BCUT2D eigenvalue weighted by Gasteiger charge is 2.29. The summed E-state index contributed by atoms with van der Waals surface area (Å²) in [6, 6.07) is 16.5. The zero-order valence-corrected chi connectivity index (χ0v) is 17.5. The number of rotatable bonds is 9. The quantitative estimate of drug-likeness (QED) is 0.618. The molecule has 2 atom stereocenters. The van der Waals surface area contributed by atoms with E-state index in [9.17, 15) is 14.4 Å². The van der Waals surface area contributed by atoms with Crippen LogP contribution < -0.4 is 15.4 Å². The van der Waals surface area contributed by atoms with Gasteiger partial charge in [-0.3, -0.25) is 4.79 Å². The molecule has 0 heterocycles. The van der Waals surface area contributed by atoms with E-state index >= 15 is 0 Å². The smallest absolute Gasteiger partial charge is 0.413 e. The summed E-state index contributed by atoms with van der Waals surface area (Å²) in [7, 11) is 1.27. The lowest BCUT2D eigenvalue weighted by Gasteiger charge is -2.24. The van der Waals surface area contributed by atoms with Gasteiger partial charge in [-0.15, -0.1) is 0 Å². The molecule has 0 aromatic heterocycles. The van der Waals surface area contributed by atoms with E-state index in [1.54, 1.807) is 44.2 Å². The van der Waals surface area contributed by atoms with Crippen LogP contribution in [0.4, 0.5) is 4.79 Å². The summed E-state index contributed by atoms with van der Waals surface area (Å²) in [5.41, 5.74) is 1.03. The molecule has 2 N–H and O–H groups in total. The van der Waals surface area contributed by atoms with Crippen molar-refractivity contribution < 1.29 is 23.9 Å². The Morgan fingerprint density at radius 3 is 2.07 bits per heavy atom. The minimum Gasteiger partial charge on any atom is -0.467 e. The van der Waals surface area contributed by atoms with Gasteiger partial charge in [0, 0.05) is 0 Å². The Labute approximate surface area is 176 Å². The van der Waals surface area contributed by atoms with Gasteiger partial charge >= 0.3 is 12.1 Å². The van der Waals surface area contributed by atoms with Gasteiger partial charge in [0.15, 0.2) is 0 Å². The van der Waals surface area contributed by atoms with Crippen LogP contribution in [0.1, 0.15) is 25.8 Å².